The molecule has 8 heteroatoms. The summed E-state index contributed by atoms with van der Waals surface area (Å²) in [6.07, 6.45) is 1.57. The molecule has 0 spiro atoms. The van der Waals surface area contributed by atoms with Gasteiger partial charge < -0.3 is 10.1 Å². The third-order valence-corrected chi connectivity index (χ3v) is 4.03. The molecule has 3 rings (SSSR count). The lowest BCUT2D eigenvalue weighted by atomic mass is 9.94. The van der Waals surface area contributed by atoms with Gasteiger partial charge in [0.05, 0.1) is 12.2 Å². The lowest BCUT2D eigenvalue weighted by Gasteiger charge is -2.28. The van der Waals surface area contributed by atoms with Gasteiger partial charge in [0.2, 0.25) is 5.95 Å². The normalized spacial score (nSPS) is 16.5. The number of hydrogen-bond acceptors (Lipinski definition) is 6. The van der Waals surface area contributed by atoms with Crippen LogP contribution in [-0.2, 0) is 9.53 Å². The highest BCUT2D eigenvalue weighted by molar-refractivity contribution is 6.30. The number of tetrazole rings is 1. The van der Waals surface area contributed by atoms with Crippen LogP contribution in [0.5, 0.6) is 0 Å². The zero-order valence-corrected chi connectivity index (χ0v) is 14.2. The molecule has 1 aliphatic heterocycles. The summed E-state index contributed by atoms with van der Waals surface area (Å²) < 4.78 is 6.87. The van der Waals surface area contributed by atoms with Gasteiger partial charge >= 0.3 is 5.97 Å². The number of ether oxygens (including phenoxy) is 1. The van der Waals surface area contributed by atoms with E-state index in [1.165, 1.54) is 0 Å². The van der Waals surface area contributed by atoms with Crippen molar-refractivity contribution < 1.29 is 9.53 Å². The van der Waals surface area contributed by atoms with Gasteiger partial charge in [-0.2, -0.15) is 4.68 Å². The van der Waals surface area contributed by atoms with E-state index in [-0.39, 0.29) is 5.97 Å². The van der Waals surface area contributed by atoms with Crippen molar-refractivity contribution in [3.8, 4) is 0 Å². The van der Waals surface area contributed by atoms with Gasteiger partial charge in [-0.15, -0.1) is 0 Å². The Bertz CT molecular complexity index is 769. The van der Waals surface area contributed by atoms with Crippen LogP contribution in [0.3, 0.4) is 0 Å². The number of fused-ring (bicyclic) bond motifs is 1. The molecule has 0 amide bonds. The Morgan fingerprint density at radius 3 is 2.75 bits per heavy atom. The van der Waals surface area contributed by atoms with Gasteiger partial charge in [0.25, 0.3) is 0 Å². The monoisotopic (exact) mass is 347 g/mol. The van der Waals surface area contributed by atoms with E-state index in [0.717, 1.165) is 17.7 Å². The Kier molecular flexibility index (Phi) is 4.80. The van der Waals surface area contributed by atoms with E-state index < -0.39 is 6.04 Å². The van der Waals surface area contributed by atoms with Gasteiger partial charge in [-0.05, 0) is 41.5 Å². The van der Waals surface area contributed by atoms with Crippen LogP contribution in [0.2, 0.25) is 5.02 Å². The van der Waals surface area contributed by atoms with Gasteiger partial charge in [-0.3, -0.25) is 0 Å². The summed E-state index contributed by atoms with van der Waals surface area (Å²) in [5.74, 6) is 0.140. The van der Waals surface area contributed by atoms with E-state index in [2.05, 4.69) is 20.8 Å². The second kappa shape index (κ2) is 7.00. The average Bonchev–Trinajstić information content (AvgIpc) is 3.03. The fourth-order valence-electron chi connectivity index (χ4n) is 2.78. The predicted molar refractivity (Wildman–Crippen MR) is 89.6 cm³/mol. The molecule has 0 fully saturated rings. The number of allylic oxidation sites excluding steroid dienone is 1. The molecule has 1 unspecified atom stereocenters. The van der Waals surface area contributed by atoms with E-state index in [0.29, 0.717) is 29.6 Å². The first kappa shape index (κ1) is 16.4. The Morgan fingerprint density at radius 1 is 1.33 bits per heavy atom. The lowest BCUT2D eigenvalue weighted by Crippen LogP contribution is -2.30. The summed E-state index contributed by atoms with van der Waals surface area (Å²) in [5.41, 5.74) is 2.19. The van der Waals surface area contributed by atoms with Crippen molar-refractivity contribution in [1.82, 2.24) is 20.2 Å². The highest BCUT2D eigenvalue weighted by Gasteiger charge is 2.35. The molecule has 0 saturated carbocycles. The summed E-state index contributed by atoms with van der Waals surface area (Å²) >= 11 is 5.99. The van der Waals surface area contributed by atoms with Crippen LogP contribution in [0.4, 0.5) is 5.95 Å². The number of halogens is 1. The summed E-state index contributed by atoms with van der Waals surface area (Å²) in [6.45, 7) is 4.14. The van der Waals surface area contributed by atoms with Crippen LogP contribution < -0.4 is 5.32 Å². The topological polar surface area (TPSA) is 81.9 Å². The smallest absolute Gasteiger partial charge is 0.338 e. The van der Waals surface area contributed by atoms with Crippen molar-refractivity contribution >= 4 is 23.5 Å². The third kappa shape index (κ3) is 2.99. The zero-order valence-electron chi connectivity index (χ0n) is 13.5. The van der Waals surface area contributed by atoms with Crippen molar-refractivity contribution in [2.75, 3.05) is 11.9 Å². The molecule has 0 radical (unpaired) electrons. The molecule has 1 aromatic carbocycles. The third-order valence-electron chi connectivity index (χ3n) is 3.78. The molecule has 0 saturated heterocycles. The van der Waals surface area contributed by atoms with Crippen molar-refractivity contribution in [3.63, 3.8) is 0 Å². The first-order valence-corrected chi connectivity index (χ1v) is 8.24. The molecule has 1 aliphatic rings. The van der Waals surface area contributed by atoms with E-state index in [9.17, 15) is 4.79 Å². The van der Waals surface area contributed by atoms with Gasteiger partial charge in [0.15, 0.2) is 0 Å². The molecule has 126 valence electrons. The Hall–Kier alpha value is -2.41. The Morgan fingerprint density at radius 2 is 2.08 bits per heavy atom. The van der Waals surface area contributed by atoms with Gasteiger partial charge in [0.1, 0.15) is 6.04 Å². The van der Waals surface area contributed by atoms with Crippen molar-refractivity contribution in [1.29, 1.82) is 0 Å². The SMILES string of the molecule is CCCC1=C(C(=O)OCC)C(c2ccc(Cl)cc2)n2nnnc2N1. The van der Waals surface area contributed by atoms with Crippen LogP contribution in [0.1, 0.15) is 38.3 Å². The average molecular weight is 348 g/mol. The quantitative estimate of drug-likeness (QED) is 0.837. The van der Waals surface area contributed by atoms with Crippen LogP contribution in [0.15, 0.2) is 35.5 Å². The highest BCUT2D eigenvalue weighted by Crippen LogP contribution is 2.36. The van der Waals surface area contributed by atoms with Crippen LogP contribution in [-0.4, -0.2) is 32.8 Å². The highest BCUT2D eigenvalue weighted by atomic mass is 35.5. The molecule has 1 N–H and O–H groups in total. The number of nitrogens with one attached hydrogen (secondary N) is 1. The molecule has 0 bridgehead atoms. The van der Waals surface area contributed by atoms with Gasteiger partial charge in [0, 0.05) is 10.7 Å². The van der Waals surface area contributed by atoms with Crippen LogP contribution >= 0.6 is 11.6 Å². The Balaban J connectivity index is 2.15. The minimum absolute atomic E-state index is 0.303. The number of nitrogens with zero attached hydrogens (tertiary/aromatic N) is 4. The molecule has 24 heavy (non-hydrogen) atoms. The fraction of sp³-hybridized carbons (Fsp3) is 0.375. The van der Waals surface area contributed by atoms with Crippen molar-refractivity contribution in [2.45, 2.75) is 32.7 Å². The second-order valence-electron chi connectivity index (χ2n) is 5.39. The van der Waals surface area contributed by atoms with E-state index >= 15 is 0 Å². The summed E-state index contributed by atoms with van der Waals surface area (Å²) in [4.78, 5) is 12.6. The van der Waals surface area contributed by atoms with Crippen molar-refractivity contribution in [3.05, 3.63) is 46.1 Å². The fourth-order valence-corrected chi connectivity index (χ4v) is 2.91. The molecular formula is C16H18ClN5O2. The van der Waals surface area contributed by atoms with E-state index in [4.69, 9.17) is 16.3 Å². The Labute approximate surface area is 144 Å². The zero-order chi connectivity index (χ0) is 17.1. The maximum Gasteiger partial charge on any atom is 0.338 e. The van der Waals surface area contributed by atoms with Crippen molar-refractivity contribution in [2.24, 2.45) is 0 Å². The second-order valence-corrected chi connectivity index (χ2v) is 5.83. The van der Waals surface area contributed by atoms with Crippen LogP contribution in [0, 0.1) is 0 Å². The first-order valence-electron chi connectivity index (χ1n) is 7.86. The molecule has 7 nitrogen and oxygen atoms in total. The maximum atomic E-state index is 12.6. The molecule has 1 aromatic heterocycles. The molecular weight excluding hydrogens is 330 g/mol. The summed E-state index contributed by atoms with van der Waals surface area (Å²) in [5, 5.41) is 15.6. The summed E-state index contributed by atoms with van der Waals surface area (Å²) in [7, 11) is 0. The number of carbonyl (C=O) groups is 1. The predicted octanol–water partition coefficient (Wildman–Crippen LogP) is 2.96. The number of benzene rings is 1. The standard InChI is InChI=1S/C16H18ClN5O2/c1-3-5-12-13(15(23)24-4-2)14(10-6-8-11(17)9-7-10)22-16(18-12)19-20-21-22/h6-9,14H,3-5H2,1-2H3,(H,18,19,21). The minimum atomic E-state index is -0.450. The first-order chi connectivity index (χ1) is 11.7. The maximum absolute atomic E-state index is 12.6. The minimum Gasteiger partial charge on any atom is -0.463 e. The number of hydrogen-bond donors (Lipinski definition) is 1. The van der Waals surface area contributed by atoms with E-state index in [1.54, 1.807) is 23.7 Å². The molecule has 1 atom stereocenters. The number of esters is 1. The number of carbonyl (C=O) groups excluding carboxylic acids is 1. The van der Waals surface area contributed by atoms with Gasteiger partial charge in [-0.1, -0.05) is 42.2 Å². The number of aromatic nitrogens is 4. The molecule has 0 aliphatic carbocycles. The van der Waals surface area contributed by atoms with Crippen LogP contribution in [0.25, 0.3) is 0 Å². The molecule has 2 aromatic rings. The number of anilines is 1. The van der Waals surface area contributed by atoms with E-state index in [1.807, 2.05) is 19.1 Å². The summed E-state index contributed by atoms with van der Waals surface area (Å²) in [6, 6.07) is 6.85. The van der Waals surface area contributed by atoms with Gasteiger partial charge in [-0.25, -0.2) is 4.79 Å². The largest absolute Gasteiger partial charge is 0.463 e. The molecule has 2 heterocycles. The lowest BCUT2D eigenvalue weighted by molar-refractivity contribution is -0.139. The number of rotatable bonds is 5.